The van der Waals surface area contributed by atoms with Gasteiger partial charge in [0.15, 0.2) is 5.78 Å². The van der Waals surface area contributed by atoms with Crippen molar-refractivity contribution in [2.45, 2.75) is 31.9 Å². The molecule has 3 N–H and O–H groups in total. The lowest BCUT2D eigenvalue weighted by molar-refractivity contribution is -0.129. The predicted molar refractivity (Wildman–Crippen MR) is 126 cm³/mol. The van der Waals surface area contributed by atoms with Gasteiger partial charge < -0.3 is 15.4 Å². The molecule has 35 heavy (non-hydrogen) atoms. The number of ether oxygens (including phenoxy) is 1. The quantitative estimate of drug-likeness (QED) is 0.548. The second kappa shape index (κ2) is 11.0. The summed E-state index contributed by atoms with van der Waals surface area (Å²) < 4.78 is 45.0. The van der Waals surface area contributed by atoms with Crippen LogP contribution in [0.3, 0.4) is 0 Å². The number of anilines is 3. The molecule has 188 valence electrons. The highest BCUT2D eigenvalue weighted by atomic mass is 19.3. The number of nitrogens with zero attached hydrogens (tertiary/aromatic N) is 3. The largest absolute Gasteiger partial charge is 0.444 e. The predicted octanol–water partition coefficient (Wildman–Crippen LogP) is 3.17. The van der Waals surface area contributed by atoms with Crippen molar-refractivity contribution in [2.75, 3.05) is 48.3 Å². The van der Waals surface area contributed by atoms with E-state index in [1.165, 1.54) is 11.0 Å². The smallest absolute Gasteiger partial charge is 0.414 e. The molecule has 0 bridgehead atoms. The zero-order valence-electron chi connectivity index (χ0n) is 19.1. The number of halogens is 3. The number of nitrogen functional groups attached to an aromatic ring is 1. The SMILES string of the molecule is Nc1cccc(CN2CCN(c3ccc(N4C[C@H](CCC(=O)C(F)F)OC4=O)cc3F)CCN2)c1. The van der Waals surface area contributed by atoms with Crippen molar-refractivity contribution in [2.24, 2.45) is 0 Å². The summed E-state index contributed by atoms with van der Waals surface area (Å²) in [6.07, 6.45) is -4.81. The van der Waals surface area contributed by atoms with E-state index in [1.54, 1.807) is 12.1 Å². The lowest BCUT2D eigenvalue weighted by atomic mass is 10.1. The van der Waals surface area contributed by atoms with Crippen molar-refractivity contribution >= 4 is 28.9 Å². The first-order chi connectivity index (χ1) is 16.8. The van der Waals surface area contributed by atoms with Gasteiger partial charge in [-0.25, -0.2) is 23.0 Å². The first-order valence-electron chi connectivity index (χ1n) is 11.5. The fourth-order valence-corrected chi connectivity index (χ4v) is 4.28. The number of nitrogens with one attached hydrogen (secondary N) is 1. The number of nitrogens with two attached hydrogens (primary N) is 1. The van der Waals surface area contributed by atoms with Crippen molar-refractivity contribution in [3.63, 3.8) is 0 Å². The van der Waals surface area contributed by atoms with Crippen LogP contribution in [0.5, 0.6) is 0 Å². The molecule has 2 saturated heterocycles. The zero-order valence-corrected chi connectivity index (χ0v) is 19.1. The number of amides is 1. The molecule has 1 amide bonds. The van der Waals surface area contributed by atoms with Crippen molar-refractivity contribution in [1.29, 1.82) is 0 Å². The molecule has 11 heteroatoms. The molecule has 2 fully saturated rings. The van der Waals surface area contributed by atoms with Crippen LogP contribution < -0.4 is 21.0 Å². The van der Waals surface area contributed by atoms with Crippen LogP contribution in [0.4, 0.5) is 35.0 Å². The van der Waals surface area contributed by atoms with Crippen molar-refractivity contribution in [1.82, 2.24) is 10.4 Å². The Morgan fingerprint density at radius 2 is 2.00 bits per heavy atom. The van der Waals surface area contributed by atoms with Crippen LogP contribution in [0.2, 0.25) is 0 Å². The number of benzene rings is 2. The molecule has 2 aliphatic rings. The zero-order chi connectivity index (χ0) is 24.9. The number of hydrogen-bond acceptors (Lipinski definition) is 7. The fourth-order valence-electron chi connectivity index (χ4n) is 4.28. The molecule has 2 aliphatic heterocycles. The second-order valence-electron chi connectivity index (χ2n) is 8.62. The summed E-state index contributed by atoms with van der Waals surface area (Å²) in [6, 6.07) is 12.2. The Morgan fingerprint density at radius 1 is 1.17 bits per heavy atom. The van der Waals surface area contributed by atoms with Crippen LogP contribution in [0.1, 0.15) is 18.4 Å². The average Bonchev–Trinajstić information content (AvgIpc) is 3.04. The maximum Gasteiger partial charge on any atom is 0.414 e. The third-order valence-electron chi connectivity index (χ3n) is 6.10. The highest BCUT2D eigenvalue weighted by Gasteiger charge is 2.33. The van der Waals surface area contributed by atoms with E-state index in [9.17, 15) is 18.4 Å². The Kier molecular flexibility index (Phi) is 7.76. The first kappa shape index (κ1) is 24.8. The Hall–Kier alpha value is -3.31. The minimum absolute atomic E-state index is 0.00116. The molecule has 0 aromatic heterocycles. The van der Waals surface area contributed by atoms with Gasteiger partial charge in [0.05, 0.1) is 17.9 Å². The highest BCUT2D eigenvalue weighted by molar-refractivity contribution is 5.90. The van der Waals surface area contributed by atoms with Gasteiger partial charge in [0.25, 0.3) is 6.43 Å². The minimum atomic E-state index is -3.04. The molecule has 0 saturated carbocycles. The van der Waals surface area contributed by atoms with Gasteiger partial charge in [0, 0.05) is 44.8 Å². The van der Waals surface area contributed by atoms with Gasteiger partial charge in [-0.1, -0.05) is 12.1 Å². The Labute approximate surface area is 201 Å². The summed E-state index contributed by atoms with van der Waals surface area (Å²) in [7, 11) is 0. The third kappa shape index (κ3) is 6.23. The Balaban J connectivity index is 1.35. The molecule has 0 radical (unpaired) electrons. The molecule has 2 aromatic carbocycles. The van der Waals surface area contributed by atoms with Crippen LogP contribution in [0.15, 0.2) is 42.5 Å². The number of ketones is 1. The maximum atomic E-state index is 15.1. The molecule has 0 aliphatic carbocycles. The summed E-state index contributed by atoms with van der Waals surface area (Å²) in [4.78, 5) is 26.6. The van der Waals surface area contributed by atoms with Crippen LogP contribution in [0, 0.1) is 5.82 Å². The number of hydrogen-bond donors (Lipinski definition) is 2. The molecular weight excluding hydrogens is 463 g/mol. The molecule has 4 rings (SSSR count). The Morgan fingerprint density at radius 3 is 2.74 bits per heavy atom. The molecule has 1 atom stereocenters. The van der Waals surface area contributed by atoms with E-state index in [2.05, 4.69) is 10.4 Å². The summed E-state index contributed by atoms with van der Waals surface area (Å²) in [6.45, 7) is 3.21. The van der Waals surface area contributed by atoms with E-state index < -0.39 is 30.2 Å². The van der Waals surface area contributed by atoms with Gasteiger partial charge in [-0.05, 0) is 42.3 Å². The van der Waals surface area contributed by atoms with Gasteiger partial charge >= 0.3 is 6.09 Å². The van der Waals surface area contributed by atoms with E-state index in [1.807, 2.05) is 29.2 Å². The standard InChI is InChI=1S/C24H28F3N5O3/c25-20-13-18(32-15-19(35-24(32)34)5-7-22(33)23(26)27)4-6-21(20)30-9-8-29-31(11-10-30)14-16-2-1-3-17(28)12-16/h1-4,6,12-13,19,23,29H,5,7-11,14-15,28H2/t19-/m0/s1. The first-order valence-corrected chi connectivity index (χ1v) is 11.5. The fraction of sp³-hybridized carbons (Fsp3) is 0.417. The molecule has 2 aromatic rings. The number of carbonyl (C=O) groups is 2. The highest BCUT2D eigenvalue weighted by Crippen LogP contribution is 2.29. The van der Waals surface area contributed by atoms with Crippen LogP contribution >= 0.6 is 0 Å². The monoisotopic (exact) mass is 491 g/mol. The summed E-state index contributed by atoms with van der Waals surface area (Å²) in [5, 5.41) is 2.07. The summed E-state index contributed by atoms with van der Waals surface area (Å²) >= 11 is 0. The van der Waals surface area contributed by atoms with Crippen LogP contribution in [0.25, 0.3) is 0 Å². The second-order valence-corrected chi connectivity index (χ2v) is 8.62. The van der Waals surface area contributed by atoms with Gasteiger partial charge in [-0.2, -0.15) is 0 Å². The molecular formula is C24H28F3N5O3. The van der Waals surface area contributed by atoms with Crippen LogP contribution in [-0.4, -0.2) is 62.1 Å². The van der Waals surface area contributed by atoms with Crippen LogP contribution in [-0.2, 0) is 16.1 Å². The average molecular weight is 492 g/mol. The number of rotatable bonds is 8. The summed E-state index contributed by atoms with van der Waals surface area (Å²) in [5.41, 5.74) is 11.7. The van der Waals surface area contributed by atoms with Gasteiger partial charge in [0.1, 0.15) is 11.9 Å². The lowest BCUT2D eigenvalue weighted by Gasteiger charge is -2.24. The van der Waals surface area contributed by atoms with E-state index in [0.29, 0.717) is 49.8 Å². The molecule has 8 nitrogen and oxygen atoms in total. The van der Waals surface area contributed by atoms with Crippen molar-refractivity contribution in [3.05, 3.63) is 53.8 Å². The minimum Gasteiger partial charge on any atom is -0.444 e. The third-order valence-corrected chi connectivity index (χ3v) is 6.10. The van der Waals surface area contributed by atoms with Crippen molar-refractivity contribution in [3.8, 4) is 0 Å². The number of Topliss-reactive ketones (excluding diaryl/α,β-unsaturated/α-hetero) is 1. The number of carbonyl (C=O) groups excluding carboxylic acids is 2. The van der Waals surface area contributed by atoms with E-state index >= 15 is 4.39 Å². The molecule has 2 heterocycles. The number of alkyl halides is 2. The summed E-state index contributed by atoms with van der Waals surface area (Å²) in [5.74, 6) is -1.66. The van der Waals surface area contributed by atoms with Gasteiger partial charge in [0.2, 0.25) is 0 Å². The van der Waals surface area contributed by atoms with Gasteiger partial charge in [-0.3, -0.25) is 15.1 Å². The topological polar surface area (TPSA) is 91.1 Å². The van der Waals surface area contributed by atoms with Gasteiger partial charge in [-0.15, -0.1) is 0 Å². The molecule has 0 unspecified atom stereocenters. The number of hydrazine groups is 1. The van der Waals surface area contributed by atoms with Crippen molar-refractivity contribution < 1.29 is 27.5 Å². The number of cyclic esters (lactones) is 1. The lowest BCUT2D eigenvalue weighted by Crippen LogP contribution is -2.38. The normalized spacial score (nSPS) is 19.2. The molecule has 0 spiro atoms. The maximum absolute atomic E-state index is 15.1. The van der Waals surface area contributed by atoms with E-state index in [-0.39, 0.29) is 19.4 Å². The van der Waals surface area contributed by atoms with E-state index in [4.69, 9.17) is 10.5 Å². The Bertz CT molecular complexity index is 1070. The van der Waals surface area contributed by atoms with E-state index in [0.717, 1.165) is 5.56 Å².